The first-order valence-electron chi connectivity index (χ1n) is 16.0. The van der Waals surface area contributed by atoms with E-state index in [1.807, 2.05) is 66.7 Å². The quantitative estimate of drug-likeness (QED) is 0.192. The van der Waals surface area contributed by atoms with Crippen LogP contribution in [-0.2, 0) is 0 Å². The Bertz CT molecular complexity index is 2790. The highest BCUT2D eigenvalue weighted by atomic mass is 16.4. The highest BCUT2D eigenvalue weighted by Crippen LogP contribution is 2.43. The second-order valence-corrected chi connectivity index (χ2v) is 11.9. The molecule has 5 heteroatoms. The first-order valence-corrected chi connectivity index (χ1v) is 16.0. The predicted molar refractivity (Wildman–Crippen MR) is 194 cm³/mol. The van der Waals surface area contributed by atoms with Gasteiger partial charge in [-0.05, 0) is 66.2 Å². The lowest BCUT2D eigenvalue weighted by molar-refractivity contribution is 0.621. The zero-order valence-electron chi connectivity index (χ0n) is 25.6. The number of aromatic nitrogens is 1. The zero-order valence-corrected chi connectivity index (χ0v) is 25.6. The van der Waals surface area contributed by atoms with Crippen LogP contribution in [0.4, 0.5) is 17.1 Å². The molecule has 0 unspecified atom stereocenters. The summed E-state index contributed by atoms with van der Waals surface area (Å²) in [6.07, 6.45) is 0. The summed E-state index contributed by atoms with van der Waals surface area (Å²) in [5, 5.41) is 4.25. The first kappa shape index (κ1) is 26.6. The van der Waals surface area contributed by atoms with Gasteiger partial charge >= 0.3 is 0 Å². The minimum Gasteiger partial charge on any atom is -0.456 e. The summed E-state index contributed by atoms with van der Waals surface area (Å²) in [5.74, 6) is 0.570. The third-order valence-electron chi connectivity index (χ3n) is 9.12. The maximum Gasteiger partial charge on any atom is 0.228 e. The molecule has 0 fully saturated rings. The van der Waals surface area contributed by atoms with Crippen molar-refractivity contribution < 1.29 is 13.3 Å². The third-order valence-corrected chi connectivity index (χ3v) is 9.12. The molecule has 0 radical (unpaired) electrons. The number of benzene rings is 7. The van der Waals surface area contributed by atoms with Crippen molar-refractivity contribution in [1.82, 2.24) is 4.98 Å². The number of para-hydroxylation sites is 5. The van der Waals surface area contributed by atoms with Crippen LogP contribution in [0.1, 0.15) is 0 Å². The van der Waals surface area contributed by atoms with Crippen LogP contribution in [0.5, 0.6) is 0 Å². The fourth-order valence-electron chi connectivity index (χ4n) is 6.95. The van der Waals surface area contributed by atoms with Gasteiger partial charge in [0.05, 0.1) is 5.69 Å². The Labute approximate surface area is 274 Å². The molecule has 3 aromatic heterocycles. The smallest absolute Gasteiger partial charge is 0.228 e. The average molecular weight is 619 g/mol. The van der Waals surface area contributed by atoms with Crippen LogP contribution in [0.25, 0.3) is 77.6 Å². The van der Waals surface area contributed by atoms with Gasteiger partial charge < -0.3 is 18.2 Å². The maximum absolute atomic E-state index is 6.58. The number of hydrogen-bond acceptors (Lipinski definition) is 5. The summed E-state index contributed by atoms with van der Waals surface area (Å²) in [7, 11) is 0. The van der Waals surface area contributed by atoms with Gasteiger partial charge in [0.15, 0.2) is 11.2 Å². The van der Waals surface area contributed by atoms with E-state index in [4.69, 9.17) is 18.2 Å². The van der Waals surface area contributed by atoms with E-state index in [0.29, 0.717) is 5.89 Å². The van der Waals surface area contributed by atoms with Gasteiger partial charge in [-0.3, -0.25) is 0 Å². The van der Waals surface area contributed by atoms with Gasteiger partial charge in [-0.2, -0.15) is 0 Å². The molecule has 5 nitrogen and oxygen atoms in total. The summed E-state index contributed by atoms with van der Waals surface area (Å²) in [5.41, 5.74) is 10.9. The summed E-state index contributed by atoms with van der Waals surface area (Å²) >= 11 is 0. The SMILES string of the molecule is c1ccc(N(c2ccc(-c3cccc4nc(-c5cccc6oc7ccccc7c56)oc34)cc2)c2cccc3c2oc2ccccc23)cc1. The number of anilines is 3. The summed E-state index contributed by atoms with van der Waals surface area (Å²) in [4.78, 5) is 7.20. The van der Waals surface area contributed by atoms with Crippen molar-refractivity contribution in [2.75, 3.05) is 4.90 Å². The Morgan fingerprint density at radius 2 is 1.06 bits per heavy atom. The molecule has 0 amide bonds. The van der Waals surface area contributed by atoms with Crippen LogP contribution in [-0.4, -0.2) is 4.98 Å². The molecule has 0 atom stereocenters. The molecule has 226 valence electrons. The van der Waals surface area contributed by atoms with Crippen molar-refractivity contribution in [2.45, 2.75) is 0 Å². The highest BCUT2D eigenvalue weighted by Gasteiger charge is 2.21. The van der Waals surface area contributed by atoms with E-state index in [2.05, 4.69) is 95.9 Å². The van der Waals surface area contributed by atoms with E-state index in [-0.39, 0.29) is 0 Å². The lowest BCUT2D eigenvalue weighted by Crippen LogP contribution is -2.10. The van der Waals surface area contributed by atoms with Crippen molar-refractivity contribution in [2.24, 2.45) is 0 Å². The normalized spacial score (nSPS) is 11.8. The number of fused-ring (bicyclic) bond motifs is 7. The highest BCUT2D eigenvalue weighted by molar-refractivity contribution is 6.12. The van der Waals surface area contributed by atoms with Gasteiger partial charge in [0.25, 0.3) is 0 Å². The molecule has 0 aliphatic heterocycles. The molecule has 0 bridgehead atoms. The molecule has 0 N–H and O–H groups in total. The second kappa shape index (κ2) is 10.5. The van der Waals surface area contributed by atoms with E-state index in [1.165, 1.54) is 0 Å². The Morgan fingerprint density at radius 1 is 0.417 bits per heavy atom. The van der Waals surface area contributed by atoms with Crippen LogP contribution >= 0.6 is 0 Å². The summed E-state index contributed by atoms with van der Waals surface area (Å²) < 4.78 is 19.2. The van der Waals surface area contributed by atoms with E-state index in [9.17, 15) is 0 Å². The minimum atomic E-state index is 0.570. The number of oxazole rings is 1. The topological polar surface area (TPSA) is 55.6 Å². The third kappa shape index (κ3) is 4.08. The largest absolute Gasteiger partial charge is 0.456 e. The van der Waals surface area contributed by atoms with E-state index >= 15 is 0 Å². The Balaban J connectivity index is 1.09. The lowest BCUT2D eigenvalue weighted by Gasteiger charge is -2.25. The summed E-state index contributed by atoms with van der Waals surface area (Å²) in [6, 6.07) is 53.7. The van der Waals surface area contributed by atoms with Crippen molar-refractivity contribution in [1.29, 1.82) is 0 Å². The fraction of sp³-hybridized carbons (Fsp3) is 0. The predicted octanol–water partition coefficient (Wildman–Crippen LogP) is 12.4. The van der Waals surface area contributed by atoms with E-state index in [1.54, 1.807) is 0 Å². The molecular formula is C43H26N2O3. The van der Waals surface area contributed by atoms with E-state index in [0.717, 1.165) is 88.7 Å². The molecule has 0 saturated heterocycles. The Hall–Kier alpha value is -6.59. The van der Waals surface area contributed by atoms with Crippen LogP contribution in [0.2, 0.25) is 0 Å². The van der Waals surface area contributed by atoms with Crippen molar-refractivity contribution >= 4 is 72.0 Å². The average Bonchev–Trinajstić information content (AvgIpc) is 3.86. The molecule has 0 spiro atoms. The van der Waals surface area contributed by atoms with Crippen LogP contribution in [0.3, 0.4) is 0 Å². The van der Waals surface area contributed by atoms with Crippen molar-refractivity contribution in [3.63, 3.8) is 0 Å². The zero-order chi connectivity index (χ0) is 31.6. The summed E-state index contributed by atoms with van der Waals surface area (Å²) in [6.45, 7) is 0. The van der Waals surface area contributed by atoms with Gasteiger partial charge in [-0.15, -0.1) is 0 Å². The van der Waals surface area contributed by atoms with Gasteiger partial charge in [-0.25, -0.2) is 4.98 Å². The molecule has 10 rings (SSSR count). The molecule has 7 aromatic carbocycles. The molecular weight excluding hydrogens is 592 g/mol. The number of nitrogens with zero attached hydrogens (tertiary/aromatic N) is 2. The van der Waals surface area contributed by atoms with Crippen LogP contribution in [0.15, 0.2) is 171 Å². The fourth-order valence-corrected chi connectivity index (χ4v) is 6.95. The van der Waals surface area contributed by atoms with Crippen LogP contribution < -0.4 is 4.90 Å². The standard InChI is InChI=1S/C43H26N2O3/c1-2-11-28(12-3-1)45(36-19-9-16-32-31-13-4-6-20-37(31)47-42(32)36)29-25-23-27(24-26-29)30-15-8-18-35-41(30)48-43(44-35)34-17-10-22-39-40(34)33-14-5-7-21-38(33)46-39/h1-26H. The molecule has 3 heterocycles. The minimum absolute atomic E-state index is 0.570. The Kier molecular flexibility index (Phi) is 5.81. The van der Waals surface area contributed by atoms with E-state index < -0.39 is 0 Å². The van der Waals surface area contributed by atoms with Gasteiger partial charge in [0, 0.05) is 44.0 Å². The molecule has 0 aliphatic carbocycles. The van der Waals surface area contributed by atoms with Gasteiger partial charge in [0.2, 0.25) is 5.89 Å². The second-order valence-electron chi connectivity index (χ2n) is 11.9. The van der Waals surface area contributed by atoms with Crippen molar-refractivity contribution in [3.05, 3.63) is 158 Å². The number of rotatable bonds is 5. The Morgan fingerprint density at radius 3 is 1.92 bits per heavy atom. The maximum atomic E-state index is 6.58. The number of furan rings is 2. The monoisotopic (exact) mass is 618 g/mol. The molecule has 0 aliphatic rings. The number of hydrogen-bond donors (Lipinski definition) is 0. The van der Waals surface area contributed by atoms with Gasteiger partial charge in [-0.1, -0.05) is 97.1 Å². The van der Waals surface area contributed by atoms with Crippen molar-refractivity contribution in [3.8, 4) is 22.6 Å². The van der Waals surface area contributed by atoms with Crippen LogP contribution in [0, 0.1) is 0 Å². The molecule has 48 heavy (non-hydrogen) atoms. The lowest BCUT2D eigenvalue weighted by atomic mass is 10.0. The van der Waals surface area contributed by atoms with Gasteiger partial charge in [0.1, 0.15) is 22.3 Å². The molecule has 10 aromatic rings. The molecule has 0 saturated carbocycles. The first-order chi connectivity index (χ1) is 23.8.